The first kappa shape index (κ1) is 15.5. The Hall–Kier alpha value is -0.920. The number of rotatable bonds is 5. The second-order valence-electron chi connectivity index (χ2n) is 5.17. The number of hydrogen-bond acceptors (Lipinski definition) is 5. The van der Waals surface area contributed by atoms with Crippen molar-refractivity contribution in [2.24, 2.45) is 0 Å². The molecule has 0 aliphatic carbocycles. The van der Waals surface area contributed by atoms with E-state index in [9.17, 15) is 16.8 Å². The first-order chi connectivity index (χ1) is 9.30. The highest BCUT2D eigenvalue weighted by Gasteiger charge is 2.31. The highest BCUT2D eigenvalue weighted by atomic mass is 32.2. The molecule has 112 valence electrons. The van der Waals surface area contributed by atoms with E-state index in [2.05, 4.69) is 0 Å². The van der Waals surface area contributed by atoms with Crippen LogP contribution in [0, 0.1) is 0 Å². The molecule has 1 aromatic rings. The molecule has 0 bridgehead atoms. The minimum absolute atomic E-state index is 0.00403. The molecule has 1 aliphatic heterocycles. The molecule has 2 rings (SSSR count). The average molecular weight is 317 g/mol. The maximum Gasteiger partial charge on any atom is 0.179 e. The molecule has 0 amide bonds. The summed E-state index contributed by atoms with van der Waals surface area (Å²) in [7, 11) is -4.46. The molecular weight excluding hydrogens is 298 g/mol. The number of hydrogen-bond donors (Lipinski definition) is 0. The van der Waals surface area contributed by atoms with Crippen LogP contribution < -0.4 is 0 Å². The quantitative estimate of drug-likeness (QED) is 0.794. The van der Waals surface area contributed by atoms with Crippen LogP contribution in [-0.4, -0.2) is 58.6 Å². The van der Waals surface area contributed by atoms with E-state index >= 15 is 0 Å². The fraction of sp³-hybridized carbons (Fsp3) is 0.538. The van der Waals surface area contributed by atoms with Gasteiger partial charge in [0.15, 0.2) is 19.7 Å². The highest BCUT2D eigenvalue weighted by molar-refractivity contribution is 7.91. The second kappa shape index (κ2) is 5.83. The molecule has 1 fully saturated rings. The largest absolute Gasteiger partial charge is 0.301 e. The molecule has 1 saturated heterocycles. The van der Waals surface area contributed by atoms with Gasteiger partial charge in [-0.2, -0.15) is 0 Å². The SMILES string of the molecule is CN(CCS(=O)(=O)c1ccccc1)[C@H]1CCS(=O)(=O)C1. The lowest BCUT2D eigenvalue weighted by molar-refractivity contribution is 0.276. The molecule has 5 nitrogen and oxygen atoms in total. The van der Waals surface area contributed by atoms with E-state index in [-0.39, 0.29) is 23.3 Å². The Morgan fingerprint density at radius 2 is 1.90 bits per heavy atom. The Bertz CT molecular complexity index is 653. The van der Waals surface area contributed by atoms with Gasteiger partial charge in [-0.3, -0.25) is 0 Å². The van der Waals surface area contributed by atoms with Crippen LogP contribution in [0.25, 0.3) is 0 Å². The van der Waals surface area contributed by atoms with Gasteiger partial charge in [-0.15, -0.1) is 0 Å². The fourth-order valence-corrected chi connectivity index (χ4v) is 5.46. The molecule has 7 heteroatoms. The summed E-state index contributed by atoms with van der Waals surface area (Å²) < 4.78 is 47.1. The molecule has 0 saturated carbocycles. The third-order valence-corrected chi connectivity index (χ3v) is 7.11. The zero-order valence-electron chi connectivity index (χ0n) is 11.4. The lowest BCUT2D eigenvalue weighted by Gasteiger charge is -2.22. The lowest BCUT2D eigenvalue weighted by Crippen LogP contribution is -2.36. The van der Waals surface area contributed by atoms with Crippen molar-refractivity contribution < 1.29 is 16.8 Å². The minimum Gasteiger partial charge on any atom is -0.301 e. The molecule has 1 aliphatic rings. The standard InChI is InChI=1S/C13H19NO4S2/c1-14(12-7-9-19(15,16)11-12)8-10-20(17,18)13-5-3-2-4-6-13/h2-6,12H,7-11H2,1H3/t12-/m0/s1. The zero-order valence-corrected chi connectivity index (χ0v) is 13.0. The first-order valence-corrected chi connectivity index (χ1v) is 9.96. The van der Waals surface area contributed by atoms with Gasteiger partial charge >= 0.3 is 0 Å². The molecule has 0 unspecified atom stereocenters. The third kappa shape index (κ3) is 3.80. The summed E-state index contributed by atoms with van der Waals surface area (Å²) in [4.78, 5) is 2.15. The minimum atomic E-state index is -3.30. The number of benzene rings is 1. The van der Waals surface area contributed by atoms with Gasteiger partial charge in [0.05, 0.1) is 22.2 Å². The first-order valence-electron chi connectivity index (χ1n) is 6.49. The van der Waals surface area contributed by atoms with Crippen LogP contribution in [0.3, 0.4) is 0 Å². The van der Waals surface area contributed by atoms with Crippen molar-refractivity contribution in [2.75, 3.05) is 30.9 Å². The predicted octanol–water partition coefficient (Wildman–Crippen LogP) is 0.579. The maximum absolute atomic E-state index is 12.1. The fourth-order valence-electron chi connectivity index (χ4n) is 2.32. The Morgan fingerprint density at radius 3 is 2.45 bits per heavy atom. The van der Waals surface area contributed by atoms with Gasteiger partial charge in [0, 0.05) is 12.6 Å². The van der Waals surface area contributed by atoms with Crippen molar-refractivity contribution >= 4 is 19.7 Å². The molecule has 0 radical (unpaired) electrons. The van der Waals surface area contributed by atoms with Gasteiger partial charge in [-0.1, -0.05) is 18.2 Å². The third-order valence-electron chi connectivity index (χ3n) is 3.65. The summed E-state index contributed by atoms with van der Waals surface area (Å²) in [5.74, 6) is 0.340. The predicted molar refractivity (Wildman–Crippen MR) is 78.2 cm³/mol. The van der Waals surface area contributed by atoms with E-state index in [1.165, 1.54) is 0 Å². The summed E-state index contributed by atoms with van der Waals surface area (Å²) in [5.41, 5.74) is 0. The lowest BCUT2D eigenvalue weighted by atomic mass is 10.2. The maximum atomic E-state index is 12.1. The van der Waals surface area contributed by atoms with Crippen molar-refractivity contribution in [3.63, 3.8) is 0 Å². The van der Waals surface area contributed by atoms with Crippen LogP contribution in [0.4, 0.5) is 0 Å². The highest BCUT2D eigenvalue weighted by Crippen LogP contribution is 2.17. The van der Waals surface area contributed by atoms with E-state index in [0.717, 1.165) is 0 Å². The van der Waals surface area contributed by atoms with Crippen LogP contribution in [-0.2, 0) is 19.7 Å². The topological polar surface area (TPSA) is 71.5 Å². The summed E-state index contributed by atoms with van der Waals surface area (Å²) in [6, 6.07) is 8.26. The monoisotopic (exact) mass is 317 g/mol. The smallest absolute Gasteiger partial charge is 0.179 e. The molecule has 1 aromatic carbocycles. The normalized spacial score (nSPS) is 22.2. The van der Waals surface area contributed by atoms with Crippen LogP contribution in [0.2, 0.25) is 0 Å². The summed E-state index contributed by atoms with van der Waals surface area (Å²) in [5, 5.41) is 0. The molecular formula is C13H19NO4S2. The van der Waals surface area contributed by atoms with Crippen LogP contribution in [0.5, 0.6) is 0 Å². The van der Waals surface area contributed by atoms with Crippen LogP contribution >= 0.6 is 0 Å². The average Bonchev–Trinajstić information content (AvgIpc) is 2.78. The Kier molecular flexibility index (Phi) is 4.51. The Morgan fingerprint density at radius 1 is 1.25 bits per heavy atom. The van der Waals surface area contributed by atoms with Gasteiger partial charge in [-0.25, -0.2) is 16.8 Å². The van der Waals surface area contributed by atoms with E-state index in [1.807, 2.05) is 4.90 Å². The number of nitrogens with zero attached hydrogens (tertiary/aromatic N) is 1. The molecule has 0 spiro atoms. The van der Waals surface area contributed by atoms with Crippen molar-refractivity contribution in [3.05, 3.63) is 30.3 Å². The number of sulfone groups is 2. The summed E-state index contributed by atoms with van der Waals surface area (Å²) >= 11 is 0. The van der Waals surface area contributed by atoms with Crippen molar-refractivity contribution in [2.45, 2.75) is 17.4 Å². The van der Waals surface area contributed by atoms with Crippen LogP contribution in [0.1, 0.15) is 6.42 Å². The van der Waals surface area contributed by atoms with Gasteiger partial charge in [0.2, 0.25) is 0 Å². The Balaban J connectivity index is 1.95. The summed E-state index contributed by atoms with van der Waals surface area (Å²) in [6.07, 6.45) is 0.588. The Labute approximate surface area is 120 Å². The zero-order chi connectivity index (χ0) is 14.8. The van der Waals surface area contributed by atoms with Gasteiger partial charge in [0.1, 0.15) is 0 Å². The summed E-state index contributed by atoms with van der Waals surface area (Å²) in [6.45, 7) is 0.345. The van der Waals surface area contributed by atoms with Gasteiger partial charge < -0.3 is 4.90 Å². The van der Waals surface area contributed by atoms with E-state index in [4.69, 9.17) is 0 Å². The molecule has 20 heavy (non-hydrogen) atoms. The van der Waals surface area contributed by atoms with E-state index < -0.39 is 19.7 Å². The van der Waals surface area contributed by atoms with Gasteiger partial charge in [-0.05, 0) is 25.6 Å². The van der Waals surface area contributed by atoms with E-state index in [0.29, 0.717) is 17.9 Å². The van der Waals surface area contributed by atoms with E-state index in [1.54, 1.807) is 37.4 Å². The van der Waals surface area contributed by atoms with Gasteiger partial charge in [0.25, 0.3) is 0 Å². The van der Waals surface area contributed by atoms with Crippen molar-refractivity contribution in [1.82, 2.24) is 4.90 Å². The van der Waals surface area contributed by atoms with Crippen molar-refractivity contribution in [3.8, 4) is 0 Å². The molecule has 0 N–H and O–H groups in total. The molecule has 1 atom stereocenters. The van der Waals surface area contributed by atoms with Crippen molar-refractivity contribution in [1.29, 1.82) is 0 Å². The molecule has 1 heterocycles. The van der Waals surface area contributed by atoms with Crippen LogP contribution in [0.15, 0.2) is 35.2 Å². The second-order valence-corrected chi connectivity index (χ2v) is 9.51. The molecule has 0 aromatic heterocycles.